The first-order valence-corrected chi connectivity index (χ1v) is 7.51. The number of rotatable bonds is 8. The SMILES string of the molecule is CCCCc1oc2ccccc2c1CN(C)CCC(=O)O. The van der Waals surface area contributed by atoms with E-state index in [4.69, 9.17) is 9.52 Å². The van der Waals surface area contributed by atoms with Crippen LogP contribution in [0.1, 0.15) is 37.5 Å². The van der Waals surface area contributed by atoms with E-state index in [-0.39, 0.29) is 6.42 Å². The number of fused-ring (bicyclic) bond motifs is 1. The number of hydrogen-bond donors (Lipinski definition) is 1. The number of nitrogens with zero attached hydrogens (tertiary/aromatic N) is 1. The van der Waals surface area contributed by atoms with Crippen molar-refractivity contribution >= 4 is 16.9 Å². The molecule has 1 aromatic carbocycles. The fraction of sp³-hybridized carbons (Fsp3) is 0.471. The predicted octanol–water partition coefficient (Wildman–Crippen LogP) is 3.68. The smallest absolute Gasteiger partial charge is 0.304 e. The Hall–Kier alpha value is -1.81. The van der Waals surface area contributed by atoms with Crippen LogP contribution in [0.4, 0.5) is 0 Å². The monoisotopic (exact) mass is 289 g/mol. The van der Waals surface area contributed by atoms with Gasteiger partial charge in [0.2, 0.25) is 0 Å². The Morgan fingerprint density at radius 2 is 2.10 bits per heavy atom. The van der Waals surface area contributed by atoms with Gasteiger partial charge >= 0.3 is 5.97 Å². The third-order valence-corrected chi connectivity index (χ3v) is 3.67. The van der Waals surface area contributed by atoms with Crippen molar-refractivity contribution in [1.29, 1.82) is 0 Å². The lowest BCUT2D eigenvalue weighted by Gasteiger charge is -2.15. The lowest BCUT2D eigenvalue weighted by Crippen LogP contribution is -2.21. The van der Waals surface area contributed by atoms with Crippen molar-refractivity contribution in [2.75, 3.05) is 13.6 Å². The molecule has 0 aliphatic heterocycles. The van der Waals surface area contributed by atoms with Gasteiger partial charge in [0, 0.05) is 30.5 Å². The van der Waals surface area contributed by atoms with Crippen LogP contribution in [0.25, 0.3) is 11.0 Å². The zero-order valence-electron chi connectivity index (χ0n) is 12.8. The van der Waals surface area contributed by atoms with E-state index in [2.05, 4.69) is 13.0 Å². The normalized spacial score (nSPS) is 11.4. The average Bonchev–Trinajstić information content (AvgIpc) is 2.81. The number of aryl methyl sites for hydroxylation is 1. The summed E-state index contributed by atoms with van der Waals surface area (Å²) in [7, 11) is 1.95. The summed E-state index contributed by atoms with van der Waals surface area (Å²) in [5.74, 6) is 0.283. The average molecular weight is 289 g/mol. The third-order valence-electron chi connectivity index (χ3n) is 3.67. The Morgan fingerprint density at radius 3 is 2.81 bits per heavy atom. The van der Waals surface area contributed by atoms with E-state index in [1.54, 1.807) is 0 Å². The molecule has 1 heterocycles. The van der Waals surface area contributed by atoms with Crippen LogP contribution in [0, 0.1) is 0 Å². The summed E-state index contributed by atoms with van der Waals surface area (Å²) in [5, 5.41) is 9.93. The molecule has 0 amide bonds. The van der Waals surface area contributed by atoms with Crippen molar-refractivity contribution in [2.24, 2.45) is 0 Å². The van der Waals surface area contributed by atoms with Gasteiger partial charge in [-0.15, -0.1) is 0 Å². The van der Waals surface area contributed by atoms with Crippen LogP contribution >= 0.6 is 0 Å². The highest BCUT2D eigenvalue weighted by Gasteiger charge is 2.15. The molecule has 0 aliphatic rings. The molecule has 2 rings (SSSR count). The number of hydrogen-bond acceptors (Lipinski definition) is 3. The number of aliphatic carboxylic acids is 1. The maximum atomic E-state index is 10.7. The van der Waals surface area contributed by atoms with E-state index in [0.29, 0.717) is 6.54 Å². The van der Waals surface area contributed by atoms with Gasteiger partial charge in [-0.25, -0.2) is 0 Å². The lowest BCUT2D eigenvalue weighted by atomic mass is 10.1. The number of furan rings is 1. The minimum Gasteiger partial charge on any atom is -0.481 e. The van der Waals surface area contributed by atoms with Crippen molar-refractivity contribution < 1.29 is 14.3 Å². The molecule has 1 aromatic heterocycles. The van der Waals surface area contributed by atoms with Gasteiger partial charge in [0.05, 0.1) is 6.42 Å². The zero-order valence-corrected chi connectivity index (χ0v) is 12.8. The molecule has 4 nitrogen and oxygen atoms in total. The van der Waals surface area contributed by atoms with E-state index in [0.717, 1.165) is 42.5 Å². The second-order valence-electron chi connectivity index (χ2n) is 5.49. The molecule has 0 unspecified atom stereocenters. The molecule has 0 saturated carbocycles. The number of unbranched alkanes of at least 4 members (excludes halogenated alkanes) is 1. The summed E-state index contributed by atoms with van der Waals surface area (Å²) < 4.78 is 5.98. The molecule has 1 N–H and O–H groups in total. The van der Waals surface area contributed by atoms with Crippen molar-refractivity contribution in [3.8, 4) is 0 Å². The van der Waals surface area contributed by atoms with E-state index >= 15 is 0 Å². The molecule has 2 aromatic rings. The summed E-state index contributed by atoms with van der Waals surface area (Å²) in [5.41, 5.74) is 2.12. The number of carbonyl (C=O) groups is 1. The minimum atomic E-state index is -0.759. The summed E-state index contributed by atoms with van der Waals surface area (Å²) in [6.07, 6.45) is 3.33. The predicted molar refractivity (Wildman–Crippen MR) is 83.4 cm³/mol. The lowest BCUT2D eigenvalue weighted by molar-refractivity contribution is -0.137. The molecular formula is C17H23NO3. The number of carboxylic acids is 1. The molecule has 0 atom stereocenters. The molecular weight excluding hydrogens is 266 g/mol. The Labute approximate surface area is 125 Å². The molecule has 0 bridgehead atoms. The van der Waals surface area contributed by atoms with E-state index < -0.39 is 5.97 Å². The molecule has 4 heteroatoms. The fourth-order valence-corrected chi connectivity index (χ4v) is 2.50. The molecule has 0 fully saturated rings. The van der Waals surface area contributed by atoms with Gasteiger partial charge < -0.3 is 14.4 Å². The molecule has 114 valence electrons. The van der Waals surface area contributed by atoms with Crippen LogP contribution < -0.4 is 0 Å². The number of para-hydroxylation sites is 1. The van der Waals surface area contributed by atoms with Crippen LogP contribution in [0.3, 0.4) is 0 Å². The summed E-state index contributed by atoms with van der Waals surface area (Å²) in [6.45, 7) is 3.44. The van der Waals surface area contributed by atoms with E-state index in [1.165, 1.54) is 5.56 Å². The number of benzene rings is 1. The Morgan fingerprint density at radius 1 is 1.33 bits per heavy atom. The first-order valence-electron chi connectivity index (χ1n) is 7.51. The van der Waals surface area contributed by atoms with Crippen molar-refractivity contribution in [3.63, 3.8) is 0 Å². The summed E-state index contributed by atoms with van der Waals surface area (Å²) in [6, 6.07) is 8.07. The highest BCUT2D eigenvalue weighted by Crippen LogP contribution is 2.28. The maximum absolute atomic E-state index is 10.7. The van der Waals surface area contributed by atoms with Gasteiger partial charge in [-0.05, 0) is 19.5 Å². The van der Waals surface area contributed by atoms with Gasteiger partial charge in [-0.1, -0.05) is 31.5 Å². The molecule has 0 saturated heterocycles. The highest BCUT2D eigenvalue weighted by molar-refractivity contribution is 5.82. The molecule has 0 radical (unpaired) electrons. The topological polar surface area (TPSA) is 53.7 Å². The Balaban J connectivity index is 2.20. The molecule has 21 heavy (non-hydrogen) atoms. The standard InChI is InChI=1S/C17H23NO3/c1-3-4-8-16-14(12-18(2)11-10-17(19)20)13-7-5-6-9-15(13)21-16/h5-7,9H,3-4,8,10-12H2,1-2H3,(H,19,20). The van der Waals surface area contributed by atoms with Crippen LogP contribution in [0.5, 0.6) is 0 Å². The largest absolute Gasteiger partial charge is 0.481 e. The van der Waals surface area contributed by atoms with Gasteiger partial charge in [0.1, 0.15) is 11.3 Å². The van der Waals surface area contributed by atoms with Crippen LogP contribution in [0.15, 0.2) is 28.7 Å². The zero-order chi connectivity index (χ0) is 15.2. The van der Waals surface area contributed by atoms with Crippen molar-refractivity contribution in [1.82, 2.24) is 4.90 Å². The second-order valence-corrected chi connectivity index (χ2v) is 5.49. The molecule has 0 spiro atoms. The van der Waals surface area contributed by atoms with E-state index in [1.807, 2.05) is 30.1 Å². The third kappa shape index (κ3) is 4.08. The first kappa shape index (κ1) is 15.6. The van der Waals surface area contributed by atoms with E-state index in [9.17, 15) is 4.79 Å². The van der Waals surface area contributed by atoms with Crippen molar-refractivity contribution in [2.45, 2.75) is 39.2 Å². The first-order chi connectivity index (χ1) is 10.1. The number of carboxylic acid groups (broad SMARTS) is 1. The summed E-state index contributed by atoms with van der Waals surface area (Å²) >= 11 is 0. The van der Waals surface area contributed by atoms with Gasteiger partial charge in [0.25, 0.3) is 0 Å². The molecule has 0 aliphatic carbocycles. The Kier molecular flexibility index (Phi) is 5.39. The van der Waals surface area contributed by atoms with Crippen LogP contribution in [0.2, 0.25) is 0 Å². The quantitative estimate of drug-likeness (QED) is 0.805. The van der Waals surface area contributed by atoms with Gasteiger partial charge in [0.15, 0.2) is 0 Å². The van der Waals surface area contributed by atoms with Crippen LogP contribution in [-0.4, -0.2) is 29.6 Å². The summed E-state index contributed by atoms with van der Waals surface area (Å²) in [4.78, 5) is 12.7. The maximum Gasteiger partial charge on any atom is 0.304 e. The van der Waals surface area contributed by atoms with Crippen LogP contribution in [-0.2, 0) is 17.8 Å². The highest BCUT2D eigenvalue weighted by atomic mass is 16.4. The van der Waals surface area contributed by atoms with Gasteiger partial charge in [-0.3, -0.25) is 4.79 Å². The van der Waals surface area contributed by atoms with Crippen molar-refractivity contribution in [3.05, 3.63) is 35.6 Å². The minimum absolute atomic E-state index is 0.163. The fourth-order valence-electron chi connectivity index (χ4n) is 2.50. The second kappa shape index (κ2) is 7.27. The van der Waals surface area contributed by atoms with Gasteiger partial charge in [-0.2, -0.15) is 0 Å². The Bertz CT molecular complexity index is 603.